The summed E-state index contributed by atoms with van der Waals surface area (Å²) in [6, 6.07) is 7.67. The van der Waals surface area contributed by atoms with Gasteiger partial charge in [0.25, 0.3) is 5.56 Å². The van der Waals surface area contributed by atoms with E-state index in [-0.39, 0.29) is 5.56 Å². The van der Waals surface area contributed by atoms with E-state index < -0.39 is 0 Å². The van der Waals surface area contributed by atoms with Gasteiger partial charge in [0.15, 0.2) is 0 Å². The van der Waals surface area contributed by atoms with Gasteiger partial charge >= 0.3 is 0 Å². The van der Waals surface area contributed by atoms with Crippen LogP contribution < -0.4 is 10.9 Å². The van der Waals surface area contributed by atoms with Crippen LogP contribution in [0.1, 0.15) is 12.5 Å². The summed E-state index contributed by atoms with van der Waals surface area (Å²) in [6.07, 6.45) is 1.79. The zero-order valence-electron chi connectivity index (χ0n) is 8.71. The Hall–Kier alpha value is -1.61. The second-order valence-electron chi connectivity index (χ2n) is 3.47. The van der Waals surface area contributed by atoms with Crippen LogP contribution in [0.3, 0.4) is 0 Å². The summed E-state index contributed by atoms with van der Waals surface area (Å²) >= 11 is 0. The van der Waals surface area contributed by atoms with Gasteiger partial charge in [-0.25, -0.2) is 0 Å². The van der Waals surface area contributed by atoms with Gasteiger partial charge in [-0.1, -0.05) is 25.1 Å². The quantitative estimate of drug-likeness (QED) is 0.794. The highest BCUT2D eigenvalue weighted by Gasteiger charge is 2.02. The predicted octanol–water partition coefficient (Wildman–Crippen LogP) is 1.64. The van der Waals surface area contributed by atoms with Gasteiger partial charge < -0.3 is 10.3 Å². The van der Waals surface area contributed by atoms with Crippen LogP contribution in [0.25, 0.3) is 10.8 Å². The van der Waals surface area contributed by atoms with Gasteiger partial charge in [0.1, 0.15) is 0 Å². The molecule has 0 saturated carbocycles. The van der Waals surface area contributed by atoms with Crippen molar-refractivity contribution in [2.45, 2.75) is 13.5 Å². The van der Waals surface area contributed by atoms with Gasteiger partial charge in [0.05, 0.1) is 0 Å². The third-order valence-corrected chi connectivity index (χ3v) is 2.46. The minimum Gasteiger partial charge on any atom is -0.328 e. The number of rotatable bonds is 3. The van der Waals surface area contributed by atoms with Gasteiger partial charge in [-0.2, -0.15) is 0 Å². The van der Waals surface area contributed by atoms with Crippen LogP contribution in [-0.2, 0) is 6.54 Å². The van der Waals surface area contributed by atoms with E-state index in [1.807, 2.05) is 24.3 Å². The number of pyridine rings is 1. The molecule has 1 aromatic carbocycles. The Balaban J connectivity index is 2.56. The molecule has 0 aliphatic rings. The van der Waals surface area contributed by atoms with Crippen molar-refractivity contribution in [3.05, 3.63) is 46.4 Å². The van der Waals surface area contributed by atoms with E-state index in [1.54, 1.807) is 6.20 Å². The fraction of sp³-hybridized carbons (Fsp3) is 0.250. The first-order chi connectivity index (χ1) is 7.33. The second kappa shape index (κ2) is 4.28. The number of fused-ring (bicyclic) bond motifs is 1. The number of hydrogen-bond acceptors (Lipinski definition) is 2. The summed E-state index contributed by atoms with van der Waals surface area (Å²) in [6.45, 7) is 3.77. The van der Waals surface area contributed by atoms with E-state index in [0.29, 0.717) is 0 Å². The molecule has 0 spiro atoms. The number of aromatic nitrogens is 1. The van der Waals surface area contributed by atoms with Crippen molar-refractivity contribution in [1.82, 2.24) is 10.3 Å². The van der Waals surface area contributed by atoms with Gasteiger partial charge in [0, 0.05) is 18.1 Å². The van der Waals surface area contributed by atoms with Crippen molar-refractivity contribution in [3.63, 3.8) is 0 Å². The molecule has 0 unspecified atom stereocenters. The Morgan fingerprint density at radius 2 is 2.00 bits per heavy atom. The lowest BCUT2D eigenvalue weighted by Crippen LogP contribution is -2.14. The fourth-order valence-corrected chi connectivity index (χ4v) is 1.68. The Morgan fingerprint density at radius 1 is 1.27 bits per heavy atom. The number of H-pyrrole nitrogens is 1. The zero-order valence-corrected chi connectivity index (χ0v) is 8.71. The molecule has 0 aliphatic heterocycles. The summed E-state index contributed by atoms with van der Waals surface area (Å²) in [7, 11) is 0. The van der Waals surface area contributed by atoms with E-state index in [0.717, 1.165) is 29.4 Å². The van der Waals surface area contributed by atoms with Crippen molar-refractivity contribution in [2.24, 2.45) is 0 Å². The van der Waals surface area contributed by atoms with Crippen LogP contribution in [0.4, 0.5) is 0 Å². The molecule has 2 rings (SSSR count). The largest absolute Gasteiger partial charge is 0.328 e. The maximum absolute atomic E-state index is 11.5. The number of hydrogen-bond donors (Lipinski definition) is 2. The number of nitrogens with one attached hydrogen (secondary N) is 2. The Bertz CT molecular complexity index is 516. The summed E-state index contributed by atoms with van der Waals surface area (Å²) < 4.78 is 0. The molecule has 2 aromatic rings. The molecule has 3 nitrogen and oxygen atoms in total. The smallest absolute Gasteiger partial charge is 0.255 e. The highest BCUT2D eigenvalue weighted by molar-refractivity contribution is 5.84. The second-order valence-corrected chi connectivity index (χ2v) is 3.47. The third-order valence-electron chi connectivity index (χ3n) is 2.46. The van der Waals surface area contributed by atoms with Crippen LogP contribution in [0.15, 0.2) is 35.3 Å². The third kappa shape index (κ3) is 1.92. The van der Waals surface area contributed by atoms with Gasteiger partial charge in [-0.05, 0) is 23.6 Å². The molecule has 3 heteroatoms. The van der Waals surface area contributed by atoms with Crippen molar-refractivity contribution in [2.75, 3.05) is 6.54 Å². The maximum Gasteiger partial charge on any atom is 0.255 e. The molecule has 1 heterocycles. The molecule has 0 radical (unpaired) electrons. The minimum absolute atomic E-state index is 0.0224. The van der Waals surface area contributed by atoms with Crippen LogP contribution in [-0.4, -0.2) is 11.5 Å². The first-order valence-electron chi connectivity index (χ1n) is 5.13. The van der Waals surface area contributed by atoms with Crippen LogP contribution in [0.5, 0.6) is 0 Å². The van der Waals surface area contributed by atoms with Gasteiger partial charge in [-0.3, -0.25) is 4.79 Å². The molecule has 78 valence electrons. The van der Waals surface area contributed by atoms with Crippen molar-refractivity contribution in [1.29, 1.82) is 0 Å². The highest BCUT2D eigenvalue weighted by Crippen LogP contribution is 2.13. The molecular weight excluding hydrogens is 188 g/mol. The molecule has 1 aromatic heterocycles. The molecule has 0 bridgehead atoms. The predicted molar refractivity (Wildman–Crippen MR) is 61.9 cm³/mol. The van der Waals surface area contributed by atoms with Crippen molar-refractivity contribution < 1.29 is 0 Å². The Morgan fingerprint density at radius 3 is 2.73 bits per heavy atom. The lowest BCUT2D eigenvalue weighted by atomic mass is 10.1. The number of benzene rings is 1. The summed E-state index contributed by atoms with van der Waals surface area (Å²) in [5.74, 6) is 0. The van der Waals surface area contributed by atoms with Crippen LogP contribution in [0, 0.1) is 0 Å². The SMILES string of the molecule is CCNCc1c[nH]c(=O)c2ccccc12. The van der Waals surface area contributed by atoms with Crippen molar-refractivity contribution >= 4 is 10.8 Å². The lowest BCUT2D eigenvalue weighted by Gasteiger charge is -2.05. The van der Waals surface area contributed by atoms with E-state index in [2.05, 4.69) is 17.2 Å². The van der Waals surface area contributed by atoms with E-state index in [1.165, 1.54) is 0 Å². The lowest BCUT2D eigenvalue weighted by molar-refractivity contribution is 0.728. The molecule has 2 N–H and O–H groups in total. The van der Waals surface area contributed by atoms with Crippen LogP contribution in [0.2, 0.25) is 0 Å². The average molecular weight is 202 g/mol. The van der Waals surface area contributed by atoms with E-state index in [4.69, 9.17) is 0 Å². The first-order valence-corrected chi connectivity index (χ1v) is 5.13. The monoisotopic (exact) mass is 202 g/mol. The van der Waals surface area contributed by atoms with Gasteiger partial charge in [0.2, 0.25) is 0 Å². The topological polar surface area (TPSA) is 44.9 Å². The molecule has 0 atom stereocenters. The standard InChI is InChI=1S/C12H14N2O/c1-2-13-7-9-8-14-12(15)11-6-4-3-5-10(9)11/h3-6,8,13H,2,7H2,1H3,(H,14,15). The molecule has 0 saturated heterocycles. The summed E-state index contributed by atoms with van der Waals surface area (Å²) in [5, 5.41) is 5.04. The Kier molecular flexibility index (Phi) is 2.83. The van der Waals surface area contributed by atoms with Crippen LogP contribution >= 0.6 is 0 Å². The van der Waals surface area contributed by atoms with E-state index in [9.17, 15) is 4.79 Å². The first kappa shape index (κ1) is 9.93. The normalized spacial score (nSPS) is 10.7. The molecule has 0 amide bonds. The molecule has 15 heavy (non-hydrogen) atoms. The van der Waals surface area contributed by atoms with Crippen molar-refractivity contribution in [3.8, 4) is 0 Å². The maximum atomic E-state index is 11.5. The molecule has 0 aliphatic carbocycles. The zero-order chi connectivity index (χ0) is 10.7. The molecule has 0 fully saturated rings. The average Bonchev–Trinajstić information content (AvgIpc) is 2.29. The fourth-order valence-electron chi connectivity index (χ4n) is 1.68. The van der Waals surface area contributed by atoms with Gasteiger partial charge in [-0.15, -0.1) is 0 Å². The summed E-state index contributed by atoms with van der Waals surface area (Å²) in [5.41, 5.74) is 1.11. The highest BCUT2D eigenvalue weighted by atomic mass is 16.1. The minimum atomic E-state index is -0.0224. The van der Waals surface area contributed by atoms with E-state index >= 15 is 0 Å². The number of aromatic amines is 1. The molecular formula is C12H14N2O. The summed E-state index contributed by atoms with van der Waals surface area (Å²) in [4.78, 5) is 14.3. The Labute approximate surface area is 88.1 Å².